The molecule has 0 aliphatic heterocycles. The molecule has 2 aromatic rings. The molecule has 72 valence electrons. The quantitative estimate of drug-likeness (QED) is 0.785. The summed E-state index contributed by atoms with van der Waals surface area (Å²) in [5.41, 5.74) is 1.09. The van der Waals surface area contributed by atoms with Crippen molar-refractivity contribution in [1.29, 1.82) is 0 Å². The fourth-order valence-corrected chi connectivity index (χ4v) is 1.47. The zero-order chi connectivity index (χ0) is 9.97. The molecule has 0 aliphatic carbocycles. The van der Waals surface area contributed by atoms with Crippen LogP contribution >= 0.6 is 0 Å². The molecule has 0 radical (unpaired) electrons. The minimum atomic E-state index is 0.671. The van der Waals surface area contributed by atoms with Crippen LogP contribution in [0.15, 0.2) is 30.5 Å². The van der Waals surface area contributed by atoms with E-state index in [4.69, 9.17) is 4.74 Å². The molecule has 0 saturated heterocycles. The molecule has 14 heavy (non-hydrogen) atoms. The Kier molecular flexibility index (Phi) is 2.23. The molecule has 0 unspecified atom stereocenters. The Morgan fingerprint density at radius 3 is 2.86 bits per heavy atom. The van der Waals surface area contributed by atoms with Crippen molar-refractivity contribution >= 4 is 16.5 Å². The molecular formula is C11H12N2O. The third-order valence-corrected chi connectivity index (χ3v) is 2.21. The van der Waals surface area contributed by atoms with Crippen molar-refractivity contribution in [2.45, 2.75) is 0 Å². The average molecular weight is 188 g/mol. The van der Waals surface area contributed by atoms with Gasteiger partial charge < -0.3 is 10.1 Å². The van der Waals surface area contributed by atoms with Crippen LogP contribution in [-0.4, -0.2) is 19.1 Å². The smallest absolute Gasteiger partial charge is 0.221 e. The van der Waals surface area contributed by atoms with Crippen molar-refractivity contribution in [3.05, 3.63) is 30.5 Å². The predicted molar refractivity (Wildman–Crippen MR) is 57.8 cm³/mol. The van der Waals surface area contributed by atoms with E-state index in [0.717, 1.165) is 16.5 Å². The molecule has 0 bridgehead atoms. The number of hydrogen-bond donors (Lipinski definition) is 1. The molecule has 1 N–H and O–H groups in total. The SMILES string of the molecule is CNc1ccc2c(OC)nccc2c1. The Balaban J connectivity index is 2.67. The first-order chi connectivity index (χ1) is 6.85. The van der Waals surface area contributed by atoms with E-state index in [2.05, 4.69) is 16.4 Å². The normalized spacial score (nSPS) is 10.1. The van der Waals surface area contributed by atoms with Gasteiger partial charge in [-0.3, -0.25) is 0 Å². The van der Waals surface area contributed by atoms with Crippen LogP contribution in [0.4, 0.5) is 5.69 Å². The van der Waals surface area contributed by atoms with Crippen molar-refractivity contribution in [2.24, 2.45) is 0 Å². The summed E-state index contributed by atoms with van der Waals surface area (Å²) in [5, 5.41) is 5.26. The zero-order valence-electron chi connectivity index (χ0n) is 8.24. The second-order valence-corrected chi connectivity index (χ2v) is 3.01. The Labute approximate surface area is 82.7 Å². The van der Waals surface area contributed by atoms with Crippen LogP contribution in [0.25, 0.3) is 10.8 Å². The number of pyridine rings is 1. The third-order valence-electron chi connectivity index (χ3n) is 2.21. The Hall–Kier alpha value is -1.77. The maximum atomic E-state index is 5.17. The van der Waals surface area contributed by atoms with Crippen molar-refractivity contribution in [3.8, 4) is 5.88 Å². The molecule has 0 aliphatic rings. The molecule has 3 heteroatoms. The summed E-state index contributed by atoms with van der Waals surface area (Å²) in [4.78, 5) is 4.14. The topological polar surface area (TPSA) is 34.1 Å². The van der Waals surface area contributed by atoms with Crippen LogP contribution in [0.2, 0.25) is 0 Å². The van der Waals surface area contributed by atoms with Gasteiger partial charge >= 0.3 is 0 Å². The van der Waals surface area contributed by atoms with Gasteiger partial charge in [-0.2, -0.15) is 0 Å². The first kappa shape index (κ1) is 8.81. The van der Waals surface area contributed by atoms with Crippen molar-refractivity contribution in [1.82, 2.24) is 4.98 Å². The third kappa shape index (κ3) is 1.37. The van der Waals surface area contributed by atoms with E-state index in [-0.39, 0.29) is 0 Å². The number of nitrogens with one attached hydrogen (secondary N) is 1. The summed E-state index contributed by atoms with van der Waals surface area (Å²) in [6, 6.07) is 8.05. The maximum absolute atomic E-state index is 5.17. The van der Waals surface area contributed by atoms with Gasteiger partial charge in [-0.15, -0.1) is 0 Å². The number of hydrogen-bond acceptors (Lipinski definition) is 3. The van der Waals surface area contributed by atoms with Crippen LogP contribution in [0.5, 0.6) is 5.88 Å². The summed E-state index contributed by atoms with van der Waals surface area (Å²) in [7, 11) is 3.54. The molecule has 1 aromatic heterocycles. The number of anilines is 1. The molecular weight excluding hydrogens is 176 g/mol. The fourth-order valence-electron chi connectivity index (χ4n) is 1.47. The van der Waals surface area contributed by atoms with Crippen molar-refractivity contribution < 1.29 is 4.74 Å². The van der Waals surface area contributed by atoms with E-state index in [9.17, 15) is 0 Å². The molecule has 3 nitrogen and oxygen atoms in total. The van der Waals surface area contributed by atoms with Gasteiger partial charge in [0.25, 0.3) is 0 Å². The van der Waals surface area contributed by atoms with Crippen molar-refractivity contribution in [3.63, 3.8) is 0 Å². The second kappa shape index (κ2) is 3.54. The van der Waals surface area contributed by atoms with Gasteiger partial charge in [-0.05, 0) is 29.7 Å². The lowest BCUT2D eigenvalue weighted by molar-refractivity contribution is 0.403. The fraction of sp³-hybridized carbons (Fsp3) is 0.182. The summed E-state index contributed by atoms with van der Waals surface area (Å²) >= 11 is 0. The number of aromatic nitrogens is 1. The van der Waals surface area contributed by atoms with Gasteiger partial charge in [-0.25, -0.2) is 4.98 Å². The minimum absolute atomic E-state index is 0.671. The Morgan fingerprint density at radius 2 is 2.14 bits per heavy atom. The highest BCUT2D eigenvalue weighted by atomic mass is 16.5. The second-order valence-electron chi connectivity index (χ2n) is 3.01. The summed E-state index contributed by atoms with van der Waals surface area (Å²) in [6.45, 7) is 0. The molecule has 1 aromatic carbocycles. The molecule has 1 heterocycles. The monoisotopic (exact) mass is 188 g/mol. The summed E-state index contributed by atoms with van der Waals surface area (Å²) < 4.78 is 5.17. The lowest BCUT2D eigenvalue weighted by Crippen LogP contribution is -1.90. The van der Waals surface area contributed by atoms with E-state index in [0.29, 0.717) is 5.88 Å². The number of fused-ring (bicyclic) bond motifs is 1. The zero-order valence-corrected chi connectivity index (χ0v) is 8.24. The largest absolute Gasteiger partial charge is 0.481 e. The van der Waals surface area contributed by atoms with E-state index in [1.165, 1.54) is 0 Å². The van der Waals surface area contributed by atoms with Crippen LogP contribution in [0.3, 0.4) is 0 Å². The highest BCUT2D eigenvalue weighted by Gasteiger charge is 2.01. The van der Waals surface area contributed by atoms with Crippen LogP contribution < -0.4 is 10.1 Å². The van der Waals surface area contributed by atoms with Gasteiger partial charge in [0.2, 0.25) is 5.88 Å². The van der Waals surface area contributed by atoms with Crippen LogP contribution in [-0.2, 0) is 0 Å². The van der Waals surface area contributed by atoms with Gasteiger partial charge in [0, 0.05) is 24.3 Å². The number of methoxy groups -OCH3 is 1. The standard InChI is InChI=1S/C11H12N2O/c1-12-9-3-4-10-8(7-9)5-6-13-11(10)14-2/h3-7,12H,1-2H3. The van der Waals surface area contributed by atoms with Crippen LogP contribution in [0, 0.1) is 0 Å². The van der Waals surface area contributed by atoms with Crippen LogP contribution in [0.1, 0.15) is 0 Å². The summed E-state index contributed by atoms with van der Waals surface area (Å²) in [5.74, 6) is 0.671. The van der Waals surface area contributed by atoms with E-state index < -0.39 is 0 Å². The number of ether oxygens (including phenoxy) is 1. The predicted octanol–water partition coefficient (Wildman–Crippen LogP) is 2.29. The van der Waals surface area contributed by atoms with Gasteiger partial charge in [0.1, 0.15) is 0 Å². The first-order valence-corrected chi connectivity index (χ1v) is 4.45. The number of rotatable bonds is 2. The maximum Gasteiger partial charge on any atom is 0.221 e. The van der Waals surface area contributed by atoms with Crippen molar-refractivity contribution in [2.75, 3.05) is 19.5 Å². The lowest BCUT2D eigenvalue weighted by atomic mass is 10.1. The minimum Gasteiger partial charge on any atom is -0.481 e. The highest BCUT2D eigenvalue weighted by molar-refractivity contribution is 5.89. The van der Waals surface area contributed by atoms with Gasteiger partial charge in [0.05, 0.1) is 7.11 Å². The molecule has 0 spiro atoms. The van der Waals surface area contributed by atoms with Gasteiger partial charge in [0.15, 0.2) is 0 Å². The van der Waals surface area contributed by atoms with E-state index >= 15 is 0 Å². The number of nitrogens with zero attached hydrogens (tertiary/aromatic N) is 1. The highest BCUT2D eigenvalue weighted by Crippen LogP contribution is 2.25. The van der Waals surface area contributed by atoms with Gasteiger partial charge in [-0.1, -0.05) is 0 Å². The Bertz CT molecular complexity index is 454. The van der Waals surface area contributed by atoms with E-state index in [1.54, 1.807) is 13.3 Å². The summed E-state index contributed by atoms with van der Waals surface area (Å²) in [6.07, 6.45) is 1.75. The van der Waals surface area contributed by atoms with E-state index in [1.807, 2.05) is 25.2 Å². The molecule has 0 saturated carbocycles. The molecule has 0 amide bonds. The molecule has 0 atom stereocenters. The average Bonchev–Trinajstić information content (AvgIpc) is 2.27. The molecule has 0 fully saturated rings. The first-order valence-electron chi connectivity index (χ1n) is 4.45. The molecule has 2 rings (SSSR count). The number of benzene rings is 1. The lowest BCUT2D eigenvalue weighted by Gasteiger charge is -2.05. The Morgan fingerprint density at radius 1 is 1.29 bits per heavy atom.